The summed E-state index contributed by atoms with van der Waals surface area (Å²) in [4.78, 5) is 35.0. The number of phenols is 1. The number of ether oxygens (including phenoxy) is 3. The molecule has 38 heavy (non-hydrogen) atoms. The van der Waals surface area contributed by atoms with Gasteiger partial charge < -0.3 is 24.4 Å². The van der Waals surface area contributed by atoms with Gasteiger partial charge in [0, 0.05) is 11.1 Å². The van der Waals surface area contributed by atoms with Crippen LogP contribution in [0.1, 0.15) is 91.6 Å². The van der Waals surface area contributed by atoms with E-state index in [2.05, 4.69) is 0 Å². The molecule has 2 aromatic carbocycles. The molecule has 0 atom stereocenters. The highest BCUT2D eigenvalue weighted by molar-refractivity contribution is 6.32. The fourth-order valence-corrected chi connectivity index (χ4v) is 4.40. The predicted octanol–water partition coefficient (Wildman–Crippen LogP) is 6.45. The lowest BCUT2D eigenvalue weighted by Crippen LogP contribution is -2.13. The number of carboxylic acid groups (broad SMARTS) is 1. The number of hydrogen-bond acceptors (Lipinski definition) is 7. The molecule has 0 heterocycles. The molecule has 0 aliphatic heterocycles. The Balaban J connectivity index is 2.01. The standard InChI is InChI=1S/C29H37ClO8/c1-5-10-21-25(38-17-26(33)34)13-12-20(18(3)31)28(21)36-14-8-7-9-15-37-29-22(11-6-2)27(35)23(19(4)32)16-24(29)30/h12-13,16,35H,5-11,14-15,17H2,1-4H3,(H,33,34). The van der Waals surface area contributed by atoms with Crippen LogP contribution in [0, 0.1) is 0 Å². The molecule has 0 aliphatic carbocycles. The van der Waals surface area contributed by atoms with Crippen molar-refractivity contribution >= 4 is 29.1 Å². The van der Waals surface area contributed by atoms with Crippen molar-refractivity contribution in [3.63, 3.8) is 0 Å². The summed E-state index contributed by atoms with van der Waals surface area (Å²) in [5, 5.41) is 19.8. The summed E-state index contributed by atoms with van der Waals surface area (Å²) in [6.45, 7) is 7.04. The van der Waals surface area contributed by atoms with Crippen LogP contribution >= 0.6 is 11.6 Å². The molecule has 9 heteroatoms. The van der Waals surface area contributed by atoms with E-state index < -0.39 is 12.6 Å². The minimum Gasteiger partial charge on any atom is -0.507 e. The molecule has 208 valence electrons. The van der Waals surface area contributed by atoms with Gasteiger partial charge in [-0.1, -0.05) is 38.3 Å². The Labute approximate surface area is 228 Å². The van der Waals surface area contributed by atoms with E-state index in [1.54, 1.807) is 12.1 Å². The first-order valence-corrected chi connectivity index (χ1v) is 13.3. The van der Waals surface area contributed by atoms with Crippen molar-refractivity contribution in [2.75, 3.05) is 19.8 Å². The van der Waals surface area contributed by atoms with Gasteiger partial charge in [0.05, 0.1) is 29.4 Å². The Hall–Kier alpha value is -3.26. The average Bonchev–Trinajstić information content (AvgIpc) is 2.86. The van der Waals surface area contributed by atoms with Gasteiger partial charge in [0.2, 0.25) is 0 Å². The molecule has 0 bridgehead atoms. The SMILES string of the molecule is CCCc1c(O)c(C(C)=O)cc(Cl)c1OCCCCCOc1c(C(C)=O)ccc(OCC(=O)O)c1CCC. The second kappa shape index (κ2) is 15.2. The third kappa shape index (κ3) is 8.38. The van der Waals surface area contributed by atoms with Gasteiger partial charge in [-0.3, -0.25) is 9.59 Å². The van der Waals surface area contributed by atoms with Crippen molar-refractivity contribution in [3.8, 4) is 23.0 Å². The summed E-state index contributed by atoms with van der Waals surface area (Å²) in [5.41, 5.74) is 1.86. The number of halogens is 1. The number of aromatic hydroxyl groups is 1. The van der Waals surface area contributed by atoms with Crippen LogP contribution in [0.15, 0.2) is 18.2 Å². The van der Waals surface area contributed by atoms with Crippen LogP contribution in [-0.2, 0) is 17.6 Å². The van der Waals surface area contributed by atoms with Crippen molar-refractivity contribution in [2.24, 2.45) is 0 Å². The van der Waals surface area contributed by atoms with Crippen molar-refractivity contribution in [3.05, 3.63) is 45.5 Å². The summed E-state index contributed by atoms with van der Waals surface area (Å²) < 4.78 is 17.4. The van der Waals surface area contributed by atoms with Crippen LogP contribution in [0.5, 0.6) is 23.0 Å². The van der Waals surface area contributed by atoms with Gasteiger partial charge >= 0.3 is 5.97 Å². The third-order valence-corrected chi connectivity index (χ3v) is 6.19. The number of carbonyl (C=O) groups is 3. The molecule has 0 radical (unpaired) electrons. The average molecular weight is 549 g/mol. The molecule has 0 aliphatic rings. The highest BCUT2D eigenvalue weighted by atomic mass is 35.5. The quantitative estimate of drug-likeness (QED) is 0.171. The minimum atomic E-state index is -1.08. The van der Waals surface area contributed by atoms with Gasteiger partial charge in [0.15, 0.2) is 18.2 Å². The van der Waals surface area contributed by atoms with Crippen LogP contribution in [0.2, 0.25) is 5.02 Å². The van der Waals surface area contributed by atoms with E-state index in [1.165, 1.54) is 19.9 Å². The second-order valence-corrected chi connectivity index (χ2v) is 9.44. The first kappa shape index (κ1) is 31.0. The fourth-order valence-electron chi connectivity index (χ4n) is 4.12. The van der Waals surface area contributed by atoms with Gasteiger partial charge in [-0.15, -0.1) is 0 Å². The first-order chi connectivity index (χ1) is 18.1. The third-order valence-electron chi connectivity index (χ3n) is 5.91. The number of aliphatic carboxylic acids is 1. The topological polar surface area (TPSA) is 119 Å². The predicted molar refractivity (Wildman–Crippen MR) is 146 cm³/mol. The zero-order valence-electron chi connectivity index (χ0n) is 22.5. The Kier molecular flexibility index (Phi) is 12.4. The van der Waals surface area contributed by atoms with Crippen molar-refractivity contribution in [1.82, 2.24) is 0 Å². The number of carboxylic acids is 1. The molecule has 0 amide bonds. The number of phenolic OH excluding ortho intramolecular Hbond substituents is 1. The number of hydrogen-bond donors (Lipinski definition) is 2. The van der Waals surface area contributed by atoms with Crippen molar-refractivity contribution in [1.29, 1.82) is 0 Å². The Morgan fingerprint density at radius 3 is 1.95 bits per heavy atom. The molecular formula is C29H37ClO8. The number of carbonyl (C=O) groups excluding carboxylic acids is 2. The lowest BCUT2D eigenvalue weighted by Gasteiger charge is -2.18. The molecule has 0 unspecified atom stereocenters. The van der Waals surface area contributed by atoms with Gasteiger partial charge in [-0.25, -0.2) is 4.79 Å². The van der Waals surface area contributed by atoms with Crippen LogP contribution in [0.3, 0.4) is 0 Å². The van der Waals surface area contributed by atoms with E-state index in [9.17, 15) is 19.5 Å². The maximum atomic E-state index is 12.2. The molecule has 0 spiro atoms. The molecule has 0 saturated heterocycles. The van der Waals surface area contributed by atoms with Crippen molar-refractivity contribution < 1.29 is 38.8 Å². The van der Waals surface area contributed by atoms with Gasteiger partial charge in [-0.05, 0) is 64.2 Å². The monoisotopic (exact) mass is 548 g/mol. The van der Waals surface area contributed by atoms with Gasteiger partial charge in [-0.2, -0.15) is 0 Å². The number of Topliss-reactive ketones (excluding diaryl/α,β-unsaturated/α-hetero) is 2. The van der Waals surface area contributed by atoms with Gasteiger partial charge in [0.25, 0.3) is 0 Å². The zero-order valence-corrected chi connectivity index (χ0v) is 23.3. The summed E-state index contributed by atoms with van der Waals surface area (Å²) >= 11 is 6.37. The van der Waals surface area contributed by atoms with E-state index >= 15 is 0 Å². The number of benzene rings is 2. The van der Waals surface area contributed by atoms with Crippen LogP contribution < -0.4 is 14.2 Å². The first-order valence-electron chi connectivity index (χ1n) is 12.9. The maximum Gasteiger partial charge on any atom is 0.341 e. The fraction of sp³-hybridized carbons (Fsp3) is 0.483. The molecule has 8 nitrogen and oxygen atoms in total. The molecule has 0 aromatic heterocycles. The van der Waals surface area contributed by atoms with E-state index in [-0.39, 0.29) is 22.9 Å². The summed E-state index contributed by atoms with van der Waals surface area (Å²) in [6.07, 6.45) is 4.79. The van der Waals surface area contributed by atoms with Crippen LogP contribution in [0.25, 0.3) is 0 Å². The molecule has 2 aromatic rings. The normalized spacial score (nSPS) is 10.8. The van der Waals surface area contributed by atoms with Crippen molar-refractivity contribution in [2.45, 2.75) is 72.6 Å². The van der Waals surface area contributed by atoms with E-state index in [4.69, 9.17) is 30.9 Å². The van der Waals surface area contributed by atoms with Gasteiger partial charge in [0.1, 0.15) is 23.0 Å². The summed E-state index contributed by atoms with van der Waals surface area (Å²) in [7, 11) is 0. The zero-order chi connectivity index (χ0) is 28.2. The Morgan fingerprint density at radius 1 is 0.816 bits per heavy atom. The van der Waals surface area contributed by atoms with E-state index in [0.717, 1.165) is 19.3 Å². The lowest BCUT2D eigenvalue weighted by atomic mass is 10.0. The van der Waals surface area contributed by atoms with E-state index in [0.29, 0.717) is 77.9 Å². The molecule has 2 N–H and O–H groups in total. The molecule has 0 saturated carbocycles. The molecule has 0 fully saturated rings. The van der Waals surface area contributed by atoms with Crippen LogP contribution in [0.4, 0.5) is 0 Å². The second-order valence-electron chi connectivity index (χ2n) is 9.03. The lowest BCUT2D eigenvalue weighted by molar-refractivity contribution is -0.139. The Morgan fingerprint density at radius 2 is 1.39 bits per heavy atom. The van der Waals surface area contributed by atoms with E-state index in [1.807, 2.05) is 13.8 Å². The highest BCUT2D eigenvalue weighted by Gasteiger charge is 2.21. The molecule has 2 rings (SSSR count). The highest BCUT2D eigenvalue weighted by Crippen LogP contribution is 2.39. The number of rotatable bonds is 17. The number of unbranched alkanes of at least 4 members (excludes halogenated alkanes) is 2. The maximum absolute atomic E-state index is 12.2. The molecular weight excluding hydrogens is 512 g/mol. The minimum absolute atomic E-state index is 0.0779. The smallest absolute Gasteiger partial charge is 0.341 e. The number of ketones is 2. The summed E-state index contributed by atoms with van der Waals surface area (Å²) in [6, 6.07) is 4.66. The largest absolute Gasteiger partial charge is 0.507 e. The Bertz CT molecular complexity index is 1140. The van der Waals surface area contributed by atoms with Crippen LogP contribution in [-0.4, -0.2) is 47.6 Å². The summed E-state index contributed by atoms with van der Waals surface area (Å²) in [5.74, 6) is -0.318.